The molecule has 0 spiro atoms. The van der Waals surface area contributed by atoms with E-state index in [2.05, 4.69) is 25.3 Å². The molecule has 0 saturated heterocycles. The predicted octanol–water partition coefficient (Wildman–Crippen LogP) is 0.823. The maximum absolute atomic E-state index is 10.9. The SMILES string of the molecule is O=C(O)C1CCC(c2nc(-c3ncn[nH]3)no2)C1. The Morgan fingerprint density at radius 3 is 3.06 bits per heavy atom. The summed E-state index contributed by atoms with van der Waals surface area (Å²) in [7, 11) is 0. The highest BCUT2D eigenvalue weighted by Crippen LogP contribution is 2.37. The van der Waals surface area contributed by atoms with Gasteiger partial charge in [-0.3, -0.25) is 9.89 Å². The van der Waals surface area contributed by atoms with E-state index < -0.39 is 5.97 Å². The van der Waals surface area contributed by atoms with E-state index in [1.54, 1.807) is 0 Å². The van der Waals surface area contributed by atoms with E-state index >= 15 is 0 Å². The lowest BCUT2D eigenvalue weighted by molar-refractivity contribution is -0.141. The molecule has 3 rings (SSSR count). The van der Waals surface area contributed by atoms with E-state index in [0.29, 0.717) is 30.4 Å². The minimum atomic E-state index is -0.757. The van der Waals surface area contributed by atoms with Gasteiger partial charge in [0.25, 0.3) is 0 Å². The number of H-pyrrole nitrogens is 1. The summed E-state index contributed by atoms with van der Waals surface area (Å²) in [6, 6.07) is 0. The Bertz CT molecular complexity index is 550. The minimum absolute atomic E-state index is 0.0234. The summed E-state index contributed by atoms with van der Waals surface area (Å²) in [5.74, 6) is 0.225. The number of hydrogen-bond acceptors (Lipinski definition) is 6. The van der Waals surface area contributed by atoms with E-state index in [4.69, 9.17) is 9.63 Å². The van der Waals surface area contributed by atoms with Crippen LogP contribution in [0.1, 0.15) is 31.1 Å². The maximum atomic E-state index is 10.9. The molecule has 2 aromatic rings. The van der Waals surface area contributed by atoms with Gasteiger partial charge in [0, 0.05) is 5.92 Å². The fourth-order valence-electron chi connectivity index (χ4n) is 2.24. The van der Waals surface area contributed by atoms with Crippen LogP contribution < -0.4 is 0 Å². The number of nitrogens with one attached hydrogen (secondary N) is 1. The van der Waals surface area contributed by atoms with Gasteiger partial charge in [0.1, 0.15) is 6.33 Å². The summed E-state index contributed by atoms with van der Waals surface area (Å²) in [5.41, 5.74) is 0. The zero-order chi connectivity index (χ0) is 12.5. The molecule has 8 nitrogen and oxygen atoms in total. The number of aromatic amines is 1. The second-order valence-corrected chi connectivity index (χ2v) is 4.34. The van der Waals surface area contributed by atoms with Crippen molar-refractivity contribution in [3.8, 4) is 11.6 Å². The maximum Gasteiger partial charge on any atom is 0.306 e. The molecule has 0 amide bonds. The molecule has 0 radical (unpaired) electrons. The Hall–Kier alpha value is -2.25. The Balaban J connectivity index is 1.77. The molecule has 94 valence electrons. The van der Waals surface area contributed by atoms with Gasteiger partial charge in [-0.2, -0.15) is 10.1 Å². The van der Waals surface area contributed by atoms with Crippen LogP contribution in [-0.4, -0.2) is 36.4 Å². The van der Waals surface area contributed by atoms with E-state index in [0.717, 1.165) is 6.42 Å². The minimum Gasteiger partial charge on any atom is -0.481 e. The van der Waals surface area contributed by atoms with E-state index in [-0.39, 0.29) is 11.8 Å². The topological polar surface area (TPSA) is 118 Å². The van der Waals surface area contributed by atoms with Crippen molar-refractivity contribution in [2.75, 3.05) is 0 Å². The number of aliphatic carboxylic acids is 1. The first-order valence-corrected chi connectivity index (χ1v) is 5.66. The highest BCUT2D eigenvalue weighted by Gasteiger charge is 2.33. The number of hydrogen-bond donors (Lipinski definition) is 2. The summed E-state index contributed by atoms with van der Waals surface area (Å²) in [6.07, 6.45) is 3.32. The normalized spacial score (nSPS) is 23.3. The van der Waals surface area contributed by atoms with Crippen molar-refractivity contribution in [3.63, 3.8) is 0 Å². The summed E-state index contributed by atoms with van der Waals surface area (Å²) >= 11 is 0. The zero-order valence-corrected chi connectivity index (χ0v) is 9.41. The lowest BCUT2D eigenvalue weighted by Gasteiger charge is -2.02. The molecule has 0 aliphatic heterocycles. The van der Waals surface area contributed by atoms with Gasteiger partial charge in [-0.15, -0.1) is 0 Å². The molecule has 0 bridgehead atoms. The van der Waals surface area contributed by atoms with E-state index in [9.17, 15) is 4.79 Å². The van der Waals surface area contributed by atoms with Crippen LogP contribution in [0.3, 0.4) is 0 Å². The highest BCUT2D eigenvalue weighted by molar-refractivity contribution is 5.70. The second-order valence-electron chi connectivity index (χ2n) is 4.34. The average molecular weight is 249 g/mol. The van der Waals surface area contributed by atoms with Gasteiger partial charge in [0.05, 0.1) is 5.92 Å². The van der Waals surface area contributed by atoms with Gasteiger partial charge >= 0.3 is 5.97 Å². The third kappa shape index (κ3) is 1.85. The largest absolute Gasteiger partial charge is 0.481 e. The van der Waals surface area contributed by atoms with Crippen molar-refractivity contribution in [3.05, 3.63) is 12.2 Å². The van der Waals surface area contributed by atoms with Crippen molar-refractivity contribution in [2.24, 2.45) is 5.92 Å². The van der Waals surface area contributed by atoms with Crippen LogP contribution in [0.2, 0.25) is 0 Å². The van der Waals surface area contributed by atoms with E-state index in [1.807, 2.05) is 0 Å². The van der Waals surface area contributed by atoms with Crippen LogP contribution in [0, 0.1) is 5.92 Å². The first-order valence-electron chi connectivity index (χ1n) is 5.66. The first kappa shape index (κ1) is 10.9. The Morgan fingerprint density at radius 1 is 1.50 bits per heavy atom. The van der Waals surface area contributed by atoms with Gasteiger partial charge in [-0.1, -0.05) is 5.16 Å². The van der Waals surface area contributed by atoms with Crippen LogP contribution >= 0.6 is 0 Å². The van der Waals surface area contributed by atoms with Gasteiger partial charge in [-0.05, 0) is 19.3 Å². The van der Waals surface area contributed by atoms with Crippen molar-refractivity contribution in [1.82, 2.24) is 25.3 Å². The molecule has 0 aromatic carbocycles. The zero-order valence-electron chi connectivity index (χ0n) is 9.41. The lowest BCUT2D eigenvalue weighted by atomic mass is 10.1. The van der Waals surface area contributed by atoms with Gasteiger partial charge < -0.3 is 9.63 Å². The van der Waals surface area contributed by atoms with Crippen LogP contribution in [-0.2, 0) is 4.79 Å². The second kappa shape index (κ2) is 4.21. The van der Waals surface area contributed by atoms with Crippen molar-refractivity contribution in [2.45, 2.75) is 25.2 Å². The Labute approximate surface area is 101 Å². The van der Waals surface area contributed by atoms with Crippen molar-refractivity contribution < 1.29 is 14.4 Å². The predicted molar refractivity (Wildman–Crippen MR) is 57.4 cm³/mol. The summed E-state index contributed by atoms with van der Waals surface area (Å²) in [4.78, 5) is 19.0. The molecule has 2 atom stereocenters. The van der Waals surface area contributed by atoms with E-state index in [1.165, 1.54) is 6.33 Å². The molecular formula is C10H11N5O3. The molecule has 2 N–H and O–H groups in total. The van der Waals surface area contributed by atoms with Crippen LogP contribution in [0.4, 0.5) is 0 Å². The van der Waals surface area contributed by atoms with Crippen molar-refractivity contribution in [1.29, 1.82) is 0 Å². The molecule has 2 aromatic heterocycles. The van der Waals surface area contributed by atoms with Gasteiger partial charge in [0.15, 0.2) is 5.82 Å². The number of nitrogens with zero attached hydrogens (tertiary/aromatic N) is 4. The Morgan fingerprint density at radius 2 is 2.39 bits per heavy atom. The summed E-state index contributed by atoms with van der Waals surface area (Å²) in [5, 5.41) is 19.1. The lowest BCUT2D eigenvalue weighted by Crippen LogP contribution is -2.09. The number of aromatic nitrogens is 5. The van der Waals surface area contributed by atoms with Crippen LogP contribution in [0.25, 0.3) is 11.6 Å². The number of carboxylic acid groups (broad SMARTS) is 1. The fourth-order valence-corrected chi connectivity index (χ4v) is 2.24. The molecule has 2 heterocycles. The quantitative estimate of drug-likeness (QED) is 0.826. The molecule has 1 saturated carbocycles. The molecule has 8 heteroatoms. The summed E-state index contributed by atoms with van der Waals surface area (Å²) in [6.45, 7) is 0. The average Bonchev–Trinajstić information content (AvgIpc) is 3.10. The number of rotatable bonds is 3. The highest BCUT2D eigenvalue weighted by atomic mass is 16.5. The molecular weight excluding hydrogens is 238 g/mol. The first-order chi connectivity index (χ1) is 8.74. The van der Waals surface area contributed by atoms with Crippen molar-refractivity contribution >= 4 is 5.97 Å². The van der Waals surface area contributed by atoms with Crippen LogP contribution in [0.5, 0.6) is 0 Å². The fraction of sp³-hybridized carbons (Fsp3) is 0.500. The third-order valence-corrected chi connectivity index (χ3v) is 3.20. The monoisotopic (exact) mass is 249 g/mol. The third-order valence-electron chi connectivity index (χ3n) is 3.20. The molecule has 1 aliphatic carbocycles. The number of carboxylic acids is 1. The number of carbonyl (C=O) groups is 1. The molecule has 2 unspecified atom stereocenters. The van der Waals surface area contributed by atoms with Gasteiger partial charge in [0.2, 0.25) is 11.7 Å². The van der Waals surface area contributed by atoms with Gasteiger partial charge in [-0.25, -0.2) is 4.98 Å². The molecule has 1 aliphatic rings. The van der Waals surface area contributed by atoms with Crippen LogP contribution in [0.15, 0.2) is 10.9 Å². The Kier molecular flexibility index (Phi) is 2.54. The summed E-state index contributed by atoms with van der Waals surface area (Å²) < 4.78 is 5.16. The molecule has 1 fully saturated rings. The smallest absolute Gasteiger partial charge is 0.306 e. The molecule has 18 heavy (non-hydrogen) atoms. The standard InChI is InChI=1S/C10H11N5O3/c16-10(17)6-2-1-5(3-6)9-13-8(15-18-9)7-11-4-12-14-7/h4-6H,1-3H2,(H,16,17)(H,11,12,14).